The van der Waals surface area contributed by atoms with Gasteiger partial charge in [0.1, 0.15) is 5.82 Å². The Morgan fingerprint density at radius 1 is 1.12 bits per heavy atom. The highest BCUT2D eigenvalue weighted by Gasteiger charge is 2.41. The van der Waals surface area contributed by atoms with Crippen LogP contribution < -0.4 is 10.6 Å². The first-order valence-electron chi connectivity index (χ1n) is 9.28. The number of nitrogens with one attached hydrogen (secondary N) is 3. The van der Waals surface area contributed by atoms with E-state index in [-0.39, 0.29) is 0 Å². The Morgan fingerprint density at radius 3 is 2.68 bits per heavy atom. The van der Waals surface area contributed by atoms with Crippen molar-refractivity contribution in [3.05, 3.63) is 24.0 Å². The number of aromatic amines is 1. The Bertz CT molecular complexity index is 742. The van der Waals surface area contributed by atoms with Crippen LogP contribution in [-0.4, -0.2) is 39.4 Å². The van der Waals surface area contributed by atoms with E-state index in [0.29, 0.717) is 23.3 Å². The molecule has 0 bridgehead atoms. The van der Waals surface area contributed by atoms with E-state index in [2.05, 4.69) is 36.9 Å². The van der Waals surface area contributed by atoms with Crippen molar-refractivity contribution in [1.82, 2.24) is 20.2 Å². The normalized spacial score (nSPS) is 22.6. The van der Waals surface area contributed by atoms with Gasteiger partial charge in [0, 0.05) is 35.3 Å². The molecule has 0 atom stereocenters. The third-order valence-corrected chi connectivity index (χ3v) is 5.72. The second-order valence-corrected chi connectivity index (χ2v) is 7.78. The minimum atomic E-state index is 0.452. The van der Waals surface area contributed by atoms with E-state index in [0.717, 1.165) is 37.7 Å². The van der Waals surface area contributed by atoms with E-state index in [1.165, 1.54) is 31.4 Å². The SMILES string of the molecule is c1cc(Nc2cc(C3CC3)[nH]n2)nc(NC2CCC3(CC2)COC3)n1. The highest BCUT2D eigenvalue weighted by Crippen LogP contribution is 2.42. The molecule has 3 aliphatic rings. The molecular formula is C18H24N6O. The van der Waals surface area contributed by atoms with Crippen molar-refractivity contribution in [3.8, 4) is 0 Å². The fourth-order valence-corrected chi connectivity index (χ4v) is 3.87. The molecule has 1 spiro atoms. The number of anilines is 3. The van der Waals surface area contributed by atoms with Crippen LogP contribution in [0, 0.1) is 5.41 Å². The number of hydrogen-bond acceptors (Lipinski definition) is 6. The summed E-state index contributed by atoms with van der Waals surface area (Å²) >= 11 is 0. The molecule has 2 aromatic heterocycles. The number of nitrogens with zero attached hydrogens (tertiary/aromatic N) is 3. The van der Waals surface area contributed by atoms with E-state index < -0.39 is 0 Å². The fourth-order valence-electron chi connectivity index (χ4n) is 3.87. The lowest BCUT2D eigenvalue weighted by molar-refractivity contribution is -0.131. The lowest BCUT2D eigenvalue weighted by Gasteiger charge is -2.46. The molecule has 2 aromatic rings. The maximum absolute atomic E-state index is 5.40. The summed E-state index contributed by atoms with van der Waals surface area (Å²) in [7, 11) is 0. The smallest absolute Gasteiger partial charge is 0.224 e. The first kappa shape index (κ1) is 15.1. The van der Waals surface area contributed by atoms with Crippen LogP contribution >= 0.6 is 0 Å². The van der Waals surface area contributed by atoms with Crippen molar-refractivity contribution in [2.45, 2.75) is 50.5 Å². The molecule has 7 heteroatoms. The van der Waals surface area contributed by atoms with Crippen LogP contribution in [0.5, 0.6) is 0 Å². The molecule has 3 fully saturated rings. The predicted octanol–water partition coefficient (Wildman–Crippen LogP) is 3.19. The topological polar surface area (TPSA) is 87.8 Å². The number of H-pyrrole nitrogens is 1. The van der Waals surface area contributed by atoms with Gasteiger partial charge in [-0.05, 0) is 44.6 Å². The minimum absolute atomic E-state index is 0.452. The second kappa shape index (κ2) is 5.98. The minimum Gasteiger partial charge on any atom is -0.380 e. The average molecular weight is 340 g/mol. The van der Waals surface area contributed by atoms with Crippen LogP contribution in [-0.2, 0) is 4.74 Å². The molecule has 2 aliphatic carbocycles. The van der Waals surface area contributed by atoms with E-state index in [4.69, 9.17) is 4.74 Å². The molecule has 0 radical (unpaired) electrons. The number of rotatable bonds is 5. The Labute approximate surface area is 147 Å². The van der Waals surface area contributed by atoms with E-state index in [1.807, 2.05) is 6.07 Å². The molecule has 1 aliphatic heterocycles. The summed E-state index contributed by atoms with van der Waals surface area (Å²) in [4.78, 5) is 8.96. The Kier molecular flexibility index (Phi) is 3.62. The molecule has 0 unspecified atom stereocenters. The molecule has 0 amide bonds. The molecular weight excluding hydrogens is 316 g/mol. The molecule has 132 valence electrons. The third-order valence-electron chi connectivity index (χ3n) is 5.72. The van der Waals surface area contributed by atoms with Gasteiger partial charge in [0.25, 0.3) is 0 Å². The summed E-state index contributed by atoms with van der Waals surface area (Å²) in [5.41, 5.74) is 1.69. The number of ether oxygens (including phenoxy) is 1. The van der Waals surface area contributed by atoms with Gasteiger partial charge in [-0.25, -0.2) is 4.98 Å². The van der Waals surface area contributed by atoms with Gasteiger partial charge < -0.3 is 15.4 Å². The highest BCUT2D eigenvalue weighted by molar-refractivity contribution is 5.53. The lowest BCUT2D eigenvalue weighted by Crippen LogP contribution is -2.47. The monoisotopic (exact) mass is 340 g/mol. The average Bonchev–Trinajstić information content (AvgIpc) is 3.35. The van der Waals surface area contributed by atoms with Crippen molar-refractivity contribution in [2.24, 2.45) is 5.41 Å². The quantitative estimate of drug-likeness (QED) is 0.775. The molecule has 2 saturated carbocycles. The summed E-state index contributed by atoms with van der Waals surface area (Å²) in [6.07, 6.45) is 9.11. The molecule has 5 rings (SSSR count). The van der Waals surface area contributed by atoms with E-state index >= 15 is 0 Å². The summed E-state index contributed by atoms with van der Waals surface area (Å²) in [6, 6.07) is 4.40. The van der Waals surface area contributed by atoms with Gasteiger partial charge >= 0.3 is 0 Å². The molecule has 0 aromatic carbocycles. The summed E-state index contributed by atoms with van der Waals surface area (Å²) in [5, 5.41) is 14.2. The van der Waals surface area contributed by atoms with Crippen LogP contribution in [0.1, 0.15) is 50.1 Å². The maximum Gasteiger partial charge on any atom is 0.224 e. The zero-order valence-electron chi connectivity index (χ0n) is 14.3. The molecule has 7 nitrogen and oxygen atoms in total. The maximum atomic E-state index is 5.40. The van der Waals surface area contributed by atoms with Crippen molar-refractivity contribution < 1.29 is 4.74 Å². The van der Waals surface area contributed by atoms with Crippen molar-refractivity contribution in [1.29, 1.82) is 0 Å². The van der Waals surface area contributed by atoms with Crippen molar-refractivity contribution >= 4 is 17.6 Å². The van der Waals surface area contributed by atoms with Gasteiger partial charge in [0.05, 0.1) is 13.2 Å². The fraction of sp³-hybridized carbons (Fsp3) is 0.611. The first-order valence-corrected chi connectivity index (χ1v) is 9.28. The van der Waals surface area contributed by atoms with Crippen molar-refractivity contribution in [2.75, 3.05) is 23.8 Å². The van der Waals surface area contributed by atoms with Gasteiger partial charge in [-0.2, -0.15) is 10.1 Å². The lowest BCUT2D eigenvalue weighted by atomic mass is 9.71. The van der Waals surface area contributed by atoms with Gasteiger partial charge in [-0.3, -0.25) is 5.10 Å². The molecule has 3 N–H and O–H groups in total. The zero-order chi connectivity index (χ0) is 16.7. The highest BCUT2D eigenvalue weighted by atomic mass is 16.5. The number of aromatic nitrogens is 4. The van der Waals surface area contributed by atoms with Crippen LogP contribution in [0.15, 0.2) is 18.3 Å². The predicted molar refractivity (Wildman–Crippen MR) is 95.0 cm³/mol. The summed E-state index contributed by atoms with van der Waals surface area (Å²) < 4.78 is 5.40. The van der Waals surface area contributed by atoms with E-state index in [9.17, 15) is 0 Å². The number of hydrogen-bond donors (Lipinski definition) is 3. The Balaban J connectivity index is 1.20. The third kappa shape index (κ3) is 3.20. The molecule has 3 heterocycles. The van der Waals surface area contributed by atoms with Gasteiger partial charge in [-0.1, -0.05) is 0 Å². The Hall–Kier alpha value is -2.15. The summed E-state index contributed by atoms with van der Waals surface area (Å²) in [5.74, 6) is 2.94. The molecule has 25 heavy (non-hydrogen) atoms. The van der Waals surface area contributed by atoms with Crippen LogP contribution in [0.2, 0.25) is 0 Å². The van der Waals surface area contributed by atoms with E-state index in [1.54, 1.807) is 6.20 Å². The largest absolute Gasteiger partial charge is 0.380 e. The Morgan fingerprint density at radius 2 is 1.96 bits per heavy atom. The van der Waals surface area contributed by atoms with Gasteiger partial charge in [-0.15, -0.1) is 0 Å². The molecule has 1 saturated heterocycles. The standard InChI is InChI=1S/C18H24N6O/c1-2-12(1)14-9-16(24-23-14)21-15-5-8-19-17(22-15)20-13-3-6-18(7-4-13)10-25-11-18/h5,8-9,12-13H,1-4,6-7,10-11H2,(H3,19,20,21,22,23,24). The second-order valence-electron chi connectivity index (χ2n) is 7.78. The van der Waals surface area contributed by atoms with Crippen molar-refractivity contribution in [3.63, 3.8) is 0 Å². The zero-order valence-corrected chi connectivity index (χ0v) is 14.3. The summed E-state index contributed by atoms with van der Waals surface area (Å²) in [6.45, 7) is 1.89. The van der Waals surface area contributed by atoms with Crippen LogP contribution in [0.25, 0.3) is 0 Å². The van der Waals surface area contributed by atoms with Gasteiger partial charge in [0.2, 0.25) is 5.95 Å². The van der Waals surface area contributed by atoms with Crippen LogP contribution in [0.4, 0.5) is 17.6 Å². The first-order chi connectivity index (χ1) is 12.3. The van der Waals surface area contributed by atoms with Gasteiger partial charge in [0.15, 0.2) is 5.82 Å². The van der Waals surface area contributed by atoms with Crippen LogP contribution in [0.3, 0.4) is 0 Å².